The molecular formula is C23H26N6O2S. The fourth-order valence-electron chi connectivity index (χ4n) is 2.75. The molecule has 0 fully saturated rings. The summed E-state index contributed by atoms with van der Waals surface area (Å²) in [6.07, 6.45) is 3.32. The summed E-state index contributed by atoms with van der Waals surface area (Å²) >= 11 is 1.58. The molecule has 8 nitrogen and oxygen atoms in total. The number of thiophene rings is 1. The Labute approximate surface area is 191 Å². The van der Waals surface area contributed by atoms with Crippen LogP contribution in [0.15, 0.2) is 60.0 Å². The molecule has 9 heteroatoms. The Morgan fingerprint density at radius 3 is 2.22 bits per heavy atom. The minimum absolute atomic E-state index is 0.0749. The van der Waals surface area contributed by atoms with Gasteiger partial charge in [-0.25, -0.2) is 9.97 Å². The van der Waals surface area contributed by atoms with Gasteiger partial charge in [0.25, 0.3) is 0 Å². The summed E-state index contributed by atoms with van der Waals surface area (Å²) in [6.45, 7) is 3.47. The van der Waals surface area contributed by atoms with E-state index >= 15 is 0 Å². The molecule has 2 aromatic heterocycles. The van der Waals surface area contributed by atoms with Crippen LogP contribution in [0.25, 0.3) is 17.5 Å². The van der Waals surface area contributed by atoms with E-state index in [-0.39, 0.29) is 11.8 Å². The van der Waals surface area contributed by atoms with Gasteiger partial charge in [0.05, 0.1) is 0 Å². The summed E-state index contributed by atoms with van der Waals surface area (Å²) in [4.78, 5) is 33.2. The van der Waals surface area contributed by atoms with Crippen molar-refractivity contribution in [2.45, 2.75) is 6.92 Å². The summed E-state index contributed by atoms with van der Waals surface area (Å²) in [5.74, 6) is 1.65. The summed E-state index contributed by atoms with van der Waals surface area (Å²) in [5.41, 5.74) is 0.896. The summed E-state index contributed by atoms with van der Waals surface area (Å²) in [6, 6.07) is 15.4. The smallest absolute Gasteiger partial charge is 0.244 e. The molecule has 0 aliphatic carbocycles. The van der Waals surface area contributed by atoms with Crippen molar-refractivity contribution < 1.29 is 9.59 Å². The second kappa shape index (κ2) is 12.2. The highest BCUT2D eigenvalue weighted by Gasteiger charge is 2.07. The predicted octanol–water partition coefficient (Wildman–Crippen LogP) is 2.99. The minimum Gasteiger partial charge on any atom is -0.368 e. The van der Waals surface area contributed by atoms with Gasteiger partial charge in [-0.2, -0.15) is 0 Å². The zero-order valence-corrected chi connectivity index (χ0v) is 18.6. The van der Waals surface area contributed by atoms with Gasteiger partial charge in [0, 0.05) is 55.7 Å². The molecule has 0 saturated heterocycles. The maximum Gasteiger partial charge on any atom is 0.244 e. The number of benzene rings is 1. The molecule has 0 aliphatic heterocycles. The van der Waals surface area contributed by atoms with Gasteiger partial charge in [0.2, 0.25) is 11.8 Å². The van der Waals surface area contributed by atoms with Crippen molar-refractivity contribution in [2.24, 2.45) is 0 Å². The first-order chi connectivity index (χ1) is 15.6. The van der Waals surface area contributed by atoms with E-state index in [2.05, 4.69) is 31.2 Å². The first-order valence-electron chi connectivity index (χ1n) is 10.3. The van der Waals surface area contributed by atoms with Crippen molar-refractivity contribution in [1.82, 2.24) is 20.6 Å². The maximum absolute atomic E-state index is 12.0. The molecule has 0 unspecified atom stereocenters. The number of aromatic nitrogens is 2. The average molecular weight is 451 g/mol. The highest BCUT2D eigenvalue weighted by molar-refractivity contribution is 7.10. The Balaban J connectivity index is 1.57. The quantitative estimate of drug-likeness (QED) is 0.264. The molecule has 2 heterocycles. The second-order valence-corrected chi connectivity index (χ2v) is 7.78. The van der Waals surface area contributed by atoms with Crippen molar-refractivity contribution in [3.63, 3.8) is 0 Å². The molecule has 0 atom stereocenters. The Bertz CT molecular complexity index is 1040. The molecule has 0 radical (unpaired) electrons. The van der Waals surface area contributed by atoms with Gasteiger partial charge < -0.3 is 21.3 Å². The number of hydrogen-bond donors (Lipinski definition) is 4. The van der Waals surface area contributed by atoms with Gasteiger partial charge in [-0.1, -0.05) is 36.4 Å². The average Bonchev–Trinajstić information content (AvgIpc) is 3.32. The van der Waals surface area contributed by atoms with Crippen molar-refractivity contribution >= 4 is 40.9 Å². The third-order valence-corrected chi connectivity index (χ3v) is 5.07. The standard InChI is InChI=1S/C23H26N6O2S/c1-17(30)24-11-12-25-20-16-21(29-23(28-20)18-6-3-2-4-7-18)26-13-14-27-22(31)10-9-19-8-5-15-32-19/h2-10,15-16H,11-14H2,1H3,(H,24,30)(H,27,31)(H2,25,26,28,29). The molecule has 32 heavy (non-hydrogen) atoms. The van der Waals surface area contributed by atoms with Crippen LogP contribution in [-0.4, -0.2) is 48.0 Å². The molecule has 1 aromatic carbocycles. The maximum atomic E-state index is 12.0. The highest BCUT2D eigenvalue weighted by atomic mass is 32.1. The van der Waals surface area contributed by atoms with Crippen LogP contribution in [0.1, 0.15) is 11.8 Å². The number of hydrogen-bond acceptors (Lipinski definition) is 7. The predicted molar refractivity (Wildman–Crippen MR) is 129 cm³/mol. The van der Waals surface area contributed by atoms with E-state index in [4.69, 9.17) is 0 Å². The van der Waals surface area contributed by atoms with Crippen LogP contribution in [0.5, 0.6) is 0 Å². The molecule has 0 aliphatic rings. The first kappa shape index (κ1) is 23.0. The number of nitrogens with zero attached hydrogens (tertiary/aromatic N) is 2. The Morgan fingerprint density at radius 1 is 0.906 bits per heavy atom. The number of carbonyl (C=O) groups is 2. The number of rotatable bonds is 11. The lowest BCUT2D eigenvalue weighted by Gasteiger charge is -2.12. The number of nitrogens with one attached hydrogen (secondary N) is 4. The zero-order valence-electron chi connectivity index (χ0n) is 17.8. The van der Waals surface area contributed by atoms with E-state index in [1.54, 1.807) is 23.5 Å². The van der Waals surface area contributed by atoms with Crippen molar-refractivity contribution in [3.8, 4) is 11.4 Å². The summed E-state index contributed by atoms with van der Waals surface area (Å²) in [7, 11) is 0. The molecule has 0 bridgehead atoms. The van der Waals surface area contributed by atoms with E-state index < -0.39 is 0 Å². The van der Waals surface area contributed by atoms with Crippen LogP contribution in [0, 0.1) is 0 Å². The highest BCUT2D eigenvalue weighted by Crippen LogP contribution is 2.20. The normalized spacial score (nSPS) is 10.7. The topological polar surface area (TPSA) is 108 Å². The molecule has 2 amide bonds. The Morgan fingerprint density at radius 2 is 1.59 bits per heavy atom. The molecule has 0 saturated carbocycles. The molecule has 166 valence electrons. The summed E-state index contributed by atoms with van der Waals surface area (Å²) < 4.78 is 0. The van der Waals surface area contributed by atoms with Gasteiger partial charge in [0.1, 0.15) is 11.6 Å². The third kappa shape index (κ3) is 7.84. The summed E-state index contributed by atoms with van der Waals surface area (Å²) in [5, 5.41) is 14.0. The molecule has 0 spiro atoms. The Hall–Kier alpha value is -3.72. The first-order valence-corrected chi connectivity index (χ1v) is 11.1. The fraction of sp³-hybridized carbons (Fsp3) is 0.217. The van der Waals surface area contributed by atoms with E-state index in [0.717, 1.165) is 10.4 Å². The van der Waals surface area contributed by atoms with Gasteiger partial charge in [-0.3, -0.25) is 9.59 Å². The molecule has 3 rings (SSSR count). The van der Waals surface area contributed by atoms with Gasteiger partial charge in [-0.05, 0) is 17.5 Å². The molecular weight excluding hydrogens is 424 g/mol. The SMILES string of the molecule is CC(=O)NCCNc1cc(NCCNC(=O)C=Cc2cccs2)nc(-c2ccccc2)n1. The minimum atomic E-state index is -0.145. The Kier molecular flexibility index (Phi) is 8.76. The molecule has 3 aromatic rings. The van der Waals surface area contributed by atoms with Gasteiger partial charge >= 0.3 is 0 Å². The van der Waals surface area contributed by atoms with Gasteiger partial charge in [-0.15, -0.1) is 11.3 Å². The van der Waals surface area contributed by atoms with E-state index in [9.17, 15) is 9.59 Å². The van der Waals surface area contributed by atoms with Crippen molar-refractivity contribution in [3.05, 3.63) is 64.9 Å². The third-order valence-electron chi connectivity index (χ3n) is 4.24. The number of amides is 2. The number of carbonyl (C=O) groups excluding carboxylic acids is 2. The van der Waals surface area contributed by atoms with Crippen LogP contribution < -0.4 is 21.3 Å². The van der Waals surface area contributed by atoms with E-state index in [0.29, 0.717) is 43.6 Å². The largest absolute Gasteiger partial charge is 0.368 e. The molecule has 4 N–H and O–H groups in total. The van der Waals surface area contributed by atoms with E-state index in [1.165, 1.54) is 13.0 Å². The lowest BCUT2D eigenvalue weighted by Crippen LogP contribution is -2.27. The van der Waals surface area contributed by atoms with Gasteiger partial charge in [0.15, 0.2) is 5.82 Å². The lowest BCUT2D eigenvalue weighted by molar-refractivity contribution is -0.119. The van der Waals surface area contributed by atoms with Crippen LogP contribution in [0.3, 0.4) is 0 Å². The number of anilines is 2. The van der Waals surface area contributed by atoms with Crippen LogP contribution in [0.2, 0.25) is 0 Å². The van der Waals surface area contributed by atoms with E-state index in [1.807, 2.05) is 47.8 Å². The van der Waals surface area contributed by atoms with Crippen molar-refractivity contribution in [2.75, 3.05) is 36.8 Å². The van der Waals surface area contributed by atoms with Crippen LogP contribution in [0.4, 0.5) is 11.6 Å². The zero-order chi connectivity index (χ0) is 22.6. The van der Waals surface area contributed by atoms with Crippen molar-refractivity contribution in [1.29, 1.82) is 0 Å². The van der Waals surface area contributed by atoms with Crippen LogP contribution >= 0.6 is 11.3 Å². The second-order valence-electron chi connectivity index (χ2n) is 6.80. The lowest BCUT2D eigenvalue weighted by atomic mass is 10.2. The van der Waals surface area contributed by atoms with Crippen LogP contribution in [-0.2, 0) is 9.59 Å². The fourth-order valence-corrected chi connectivity index (χ4v) is 3.37. The monoisotopic (exact) mass is 450 g/mol.